The van der Waals surface area contributed by atoms with Gasteiger partial charge in [-0.15, -0.1) is 0 Å². The smallest absolute Gasteiger partial charge is 0.101 e. The minimum absolute atomic E-state index is 0.584. The van der Waals surface area contributed by atoms with Crippen LogP contribution in [-0.4, -0.2) is 18.2 Å². The summed E-state index contributed by atoms with van der Waals surface area (Å²) in [5.74, 6) is 0.603. The highest BCUT2D eigenvalue weighted by atomic mass is 79.9. The van der Waals surface area contributed by atoms with Gasteiger partial charge in [0.1, 0.15) is 5.60 Å². The zero-order valence-electron chi connectivity index (χ0n) is 9.38. The SMILES string of the molecule is CC(C)CNCC(C)(O)c1cscc1Br. The van der Waals surface area contributed by atoms with Gasteiger partial charge in [0.15, 0.2) is 0 Å². The molecule has 0 spiro atoms. The summed E-state index contributed by atoms with van der Waals surface area (Å²) < 4.78 is 0.990. The van der Waals surface area contributed by atoms with E-state index in [9.17, 15) is 5.11 Å². The molecule has 1 atom stereocenters. The second-order valence-electron chi connectivity index (χ2n) is 4.43. The van der Waals surface area contributed by atoms with Crippen molar-refractivity contribution < 1.29 is 5.11 Å². The van der Waals surface area contributed by atoms with Gasteiger partial charge in [-0.05, 0) is 40.7 Å². The molecule has 15 heavy (non-hydrogen) atoms. The van der Waals surface area contributed by atoms with Crippen molar-refractivity contribution >= 4 is 27.3 Å². The quantitative estimate of drug-likeness (QED) is 0.874. The van der Waals surface area contributed by atoms with Crippen molar-refractivity contribution in [1.82, 2.24) is 5.32 Å². The normalized spacial score (nSPS) is 15.6. The molecule has 0 aliphatic rings. The molecule has 0 aromatic carbocycles. The largest absolute Gasteiger partial charge is 0.384 e. The summed E-state index contributed by atoms with van der Waals surface area (Å²) in [4.78, 5) is 0. The Morgan fingerprint density at radius 2 is 2.20 bits per heavy atom. The third kappa shape index (κ3) is 3.87. The van der Waals surface area contributed by atoms with Gasteiger partial charge in [0.25, 0.3) is 0 Å². The first-order valence-corrected chi connectivity index (χ1v) is 6.82. The Morgan fingerprint density at radius 3 is 2.67 bits per heavy atom. The van der Waals surface area contributed by atoms with Gasteiger partial charge in [0.05, 0.1) is 0 Å². The zero-order chi connectivity index (χ0) is 11.5. The number of nitrogens with one attached hydrogen (secondary N) is 1. The number of aliphatic hydroxyl groups is 1. The van der Waals surface area contributed by atoms with Crippen LogP contribution in [0.25, 0.3) is 0 Å². The first-order chi connectivity index (χ1) is 6.93. The van der Waals surface area contributed by atoms with Crippen LogP contribution >= 0.6 is 27.3 Å². The van der Waals surface area contributed by atoms with Crippen LogP contribution in [0, 0.1) is 5.92 Å². The fraction of sp³-hybridized carbons (Fsp3) is 0.636. The highest BCUT2D eigenvalue weighted by Crippen LogP contribution is 2.30. The lowest BCUT2D eigenvalue weighted by Crippen LogP contribution is -2.36. The van der Waals surface area contributed by atoms with E-state index in [2.05, 4.69) is 35.1 Å². The highest BCUT2D eigenvalue weighted by Gasteiger charge is 2.25. The molecule has 1 rings (SSSR count). The van der Waals surface area contributed by atoms with Gasteiger partial charge in [-0.2, -0.15) is 11.3 Å². The van der Waals surface area contributed by atoms with E-state index in [1.54, 1.807) is 11.3 Å². The molecule has 0 saturated carbocycles. The zero-order valence-corrected chi connectivity index (χ0v) is 11.8. The Morgan fingerprint density at radius 1 is 1.53 bits per heavy atom. The molecule has 4 heteroatoms. The summed E-state index contributed by atoms with van der Waals surface area (Å²) in [6, 6.07) is 0. The number of thiophene rings is 1. The lowest BCUT2D eigenvalue weighted by atomic mass is 9.99. The van der Waals surface area contributed by atoms with E-state index < -0.39 is 5.60 Å². The summed E-state index contributed by atoms with van der Waals surface area (Å²) in [5, 5.41) is 17.5. The third-order valence-corrected chi connectivity index (χ3v) is 3.92. The summed E-state index contributed by atoms with van der Waals surface area (Å²) in [6.45, 7) is 7.66. The van der Waals surface area contributed by atoms with Gasteiger partial charge in [0.2, 0.25) is 0 Å². The van der Waals surface area contributed by atoms with Gasteiger partial charge >= 0.3 is 0 Å². The summed E-state index contributed by atoms with van der Waals surface area (Å²) >= 11 is 5.04. The Kier molecular flexibility index (Phi) is 4.77. The molecule has 1 aromatic heterocycles. The molecule has 2 nitrogen and oxygen atoms in total. The molecule has 1 aromatic rings. The van der Waals surface area contributed by atoms with Crippen LogP contribution in [0.3, 0.4) is 0 Å². The lowest BCUT2D eigenvalue weighted by Gasteiger charge is -2.24. The summed E-state index contributed by atoms with van der Waals surface area (Å²) in [6.07, 6.45) is 0. The van der Waals surface area contributed by atoms with Crippen molar-refractivity contribution in [1.29, 1.82) is 0 Å². The maximum atomic E-state index is 10.3. The van der Waals surface area contributed by atoms with Crippen LogP contribution in [0.5, 0.6) is 0 Å². The van der Waals surface area contributed by atoms with Crippen molar-refractivity contribution in [2.24, 2.45) is 5.92 Å². The second kappa shape index (κ2) is 5.43. The number of rotatable bonds is 5. The first kappa shape index (κ1) is 13.2. The summed E-state index contributed by atoms with van der Waals surface area (Å²) in [7, 11) is 0. The van der Waals surface area contributed by atoms with Crippen LogP contribution in [0.4, 0.5) is 0 Å². The molecule has 0 aliphatic heterocycles. The average molecular weight is 292 g/mol. The molecule has 0 aliphatic carbocycles. The van der Waals surface area contributed by atoms with Gasteiger partial charge in [-0.1, -0.05) is 13.8 Å². The molecule has 1 heterocycles. The Labute approximate surface area is 104 Å². The molecule has 0 fully saturated rings. The Balaban J connectivity index is 2.56. The fourth-order valence-electron chi connectivity index (χ4n) is 1.37. The van der Waals surface area contributed by atoms with E-state index in [0.29, 0.717) is 12.5 Å². The van der Waals surface area contributed by atoms with Crippen molar-refractivity contribution in [3.05, 3.63) is 20.8 Å². The van der Waals surface area contributed by atoms with E-state index in [-0.39, 0.29) is 0 Å². The Hall–Kier alpha value is 0.100. The van der Waals surface area contributed by atoms with Gasteiger partial charge in [-0.3, -0.25) is 0 Å². The molecule has 0 amide bonds. The van der Waals surface area contributed by atoms with Crippen molar-refractivity contribution in [3.63, 3.8) is 0 Å². The minimum Gasteiger partial charge on any atom is -0.384 e. The maximum absolute atomic E-state index is 10.3. The lowest BCUT2D eigenvalue weighted by molar-refractivity contribution is 0.0561. The number of hydrogen-bond donors (Lipinski definition) is 2. The van der Waals surface area contributed by atoms with E-state index in [0.717, 1.165) is 16.6 Å². The molecule has 2 N–H and O–H groups in total. The molecule has 0 saturated heterocycles. The molecule has 0 radical (unpaired) electrons. The van der Waals surface area contributed by atoms with E-state index >= 15 is 0 Å². The van der Waals surface area contributed by atoms with Crippen LogP contribution in [-0.2, 0) is 5.60 Å². The molecule has 1 unspecified atom stereocenters. The van der Waals surface area contributed by atoms with Crippen LogP contribution in [0.15, 0.2) is 15.2 Å². The van der Waals surface area contributed by atoms with E-state index in [1.165, 1.54) is 0 Å². The van der Waals surface area contributed by atoms with Gasteiger partial charge in [0, 0.05) is 22.0 Å². The topological polar surface area (TPSA) is 32.3 Å². The van der Waals surface area contributed by atoms with Crippen molar-refractivity contribution in [2.75, 3.05) is 13.1 Å². The first-order valence-electron chi connectivity index (χ1n) is 5.08. The van der Waals surface area contributed by atoms with Crippen molar-refractivity contribution in [2.45, 2.75) is 26.4 Å². The Bertz CT molecular complexity index is 309. The van der Waals surface area contributed by atoms with Crippen LogP contribution in [0.2, 0.25) is 0 Å². The minimum atomic E-state index is -0.798. The van der Waals surface area contributed by atoms with E-state index in [4.69, 9.17) is 0 Å². The van der Waals surface area contributed by atoms with Crippen molar-refractivity contribution in [3.8, 4) is 0 Å². The maximum Gasteiger partial charge on any atom is 0.101 e. The van der Waals surface area contributed by atoms with Gasteiger partial charge in [-0.25, -0.2) is 0 Å². The number of hydrogen-bond acceptors (Lipinski definition) is 3. The van der Waals surface area contributed by atoms with Crippen LogP contribution < -0.4 is 5.32 Å². The fourth-order valence-corrected chi connectivity index (χ4v) is 3.21. The van der Waals surface area contributed by atoms with E-state index in [1.807, 2.05) is 17.7 Å². The molecular formula is C11H18BrNOS. The predicted molar refractivity (Wildman–Crippen MR) is 69.3 cm³/mol. The standard InChI is InChI=1S/C11H18BrNOS/c1-8(2)4-13-7-11(3,14)9-5-15-6-10(9)12/h5-6,8,13-14H,4,7H2,1-3H3. The third-order valence-electron chi connectivity index (χ3n) is 2.22. The van der Waals surface area contributed by atoms with Gasteiger partial charge < -0.3 is 10.4 Å². The second-order valence-corrected chi connectivity index (χ2v) is 6.03. The molecular weight excluding hydrogens is 274 g/mol. The molecule has 86 valence electrons. The molecule has 0 bridgehead atoms. The van der Waals surface area contributed by atoms with Crippen LogP contribution in [0.1, 0.15) is 26.3 Å². The average Bonchev–Trinajstić information content (AvgIpc) is 2.50. The predicted octanol–water partition coefficient (Wildman–Crippen LogP) is 2.96. The summed E-state index contributed by atoms with van der Waals surface area (Å²) in [5.41, 5.74) is 0.164. The highest BCUT2D eigenvalue weighted by molar-refractivity contribution is 9.10. The monoisotopic (exact) mass is 291 g/mol. The number of halogens is 1.